The van der Waals surface area contributed by atoms with E-state index < -0.39 is 0 Å². The van der Waals surface area contributed by atoms with Crippen molar-refractivity contribution in [3.8, 4) is 0 Å². The van der Waals surface area contributed by atoms with Gasteiger partial charge in [0.1, 0.15) is 10.2 Å². The maximum atomic E-state index is 5.62. The highest BCUT2D eigenvalue weighted by Gasteiger charge is 2.42. The van der Waals surface area contributed by atoms with Crippen LogP contribution in [0.5, 0.6) is 0 Å². The number of benzene rings is 1. The highest BCUT2D eigenvalue weighted by atomic mass is 79.9. The summed E-state index contributed by atoms with van der Waals surface area (Å²) in [6.07, 6.45) is 5.60. The largest absolute Gasteiger partial charge is 0.388 e. The van der Waals surface area contributed by atoms with E-state index in [9.17, 15) is 0 Å². The molecule has 1 spiro atoms. The summed E-state index contributed by atoms with van der Waals surface area (Å²) >= 11 is 3.43. The van der Waals surface area contributed by atoms with Crippen LogP contribution in [-0.4, -0.2) is 10.2 Å². The maximum absolute atomic E-state index is 5.62. The van der Waals surface area contributed by atoms with E-state index in [4.69, 9.17) is 4.84 Å². The van der Waals surface area contributed by atoms with Gasteiger partial charge in [0.05, 0.1) is 0 Å². The minimum atomic E-state index is 0.00408. The quantitative estimate of drug-likeness (QED) is 0.760. The zero-order valence-corrected chi connectivity index (χ0v) is 11.3. The molecule has 0 saturated heterocycles. The molecule has 0 radical (unpaired) electrons. The molecule has 0 aromatic heterocycles. The second kappa shape index (κ2) is 4.45. The van der Waals surface area contributed by atoms with E-state index in [1.807, 2.05) is 0 Å². The first-order chi connectivity index (χ1) is 8.27. The first-order valence-electron chi connectivity index (χ1n) is 6.23. The molecule has 2 nitrogen and oxygen atoms in total. The summed E-state index contributed by atoms with van der Waals surface area (Å²) in [7, 11) is 0. The predicted molar refractivity (Wildman–Crippen MR) is 72.4 cm³/mol. The third-order valence-electron chi connectivity index (χ3n) is 3.97. The Morgan fingerprint density at radius 2 is 1.88 bits per heavy atom. The smallest absolute Gasteiger partial charge is 0.144 e. The van der Waals surface area contributed by atoms with E-state index in [2.05, 4.69) is 51.4 Å². The maximum Gasteiger partial charge on any atom is 0.144 e. The Bertz CT molecular complexity index is 421. The summed E-state index contributed by atoms with van der Waals surface area (Å²) < 4.78 is 0.968. The van der Waals surface area contributed by atoms with Gasteiger partial charge in [-0.3, -0.25) is 0 Å². The molecule has 17 heavy (non-hydrogen) atoms. The highest BCUT2D eigenvalue weighted by molar-refractivity contribution is 9.18. The summed E-state index contributed by atoms with van der Waals surface area (Å²) in [5, 5.41) is 4.04. The van der Waals surface area contributed by atoms with Crippen LogP contribution in [0, 0.1) is 0 Å². The van der Waals surface area contributed by atoms with Gasteiger partial charge in [0.2, 0.25) is 0 Å². The SMILES string of the molecule is BrC1=NO[C@]2(CC[C@H](c3ccccc3)CC2)C1. The number of nitrogens with zero attached hydrogens (tertiary/aromatic N) is 1. The Hall–Kier alpha value is -0.830. The van der Waals surface area contributed by atoms with Crippen LogP contribution in [0.1, 0.15) is 43.6 Å². The van der Waals surface area contributed by atoms with E-state index in [1.54, 1.807) is 0 Å². The van der Waals surface area contributed by atoms with Gasteiger partial charge in [-0.05, 0) is 53.1 Å². The Morgan fingerprint density at radius 1 is 1.18 bits per heavy atom. The van der Waals surface area contributed by atoms with Crippen LogP contribution in [0.3, 0.4) is 0 Å². The van der Waals surface area contributed by atoms with E-state index in [0.717, 1.165) is 23.9 Å². The van der Waals surface area contributed by atoms with Gasteiger partial charge in [-0.1, -0.05) is 35.5 Å². The Balaban J connectivity index is 1.65. The zero-order valence-electron chi connectivity index (χ0n) is 9.73. The zero-order chi connectivity index (χ0) is 11.7. The van der Waals surface area contributed by atoms with E-state index in [1.165, 1.54) is 18.4 Å². The third kappa shape index (κ3) is 2.25. The monoisotopic (exact) mass is 293 g/mol. The predicted octanol–water partition coefficient (Wildman–Crippen LogP) is 4.21. The molecule has 1 saturated carbocycles. The molecule has 1 heterocycles. The van der Waals surface area contributed by atoms with E-state index >= 15 is 0 Å². The molecule has 0 atom stereocenters. The van der Waals surface area contributed by atoms with Gasteiger partial charge in [0.15, 0.2) is 0 Å². The molecule has 1 fully saturated rings. The molecular formula is C14H16BrNO. The van der Waals surface area contributed by atoms with Crippen molar-refractivity contribution in [3.63, 3.8) is 0 Å². The van der Waals surface area contributed by atoms with Crippen LogP contribution in [0.25, 0.3) is 0 Å². The lowest BCUT2D eigenvalue weighted by Crippen LogP contribution is -2.33. The standard InChI is InChI=1S/C14H16BrNO/c15-13-10-14(17-16-13)8-6-12(7-9-14)11-4-2-1-3-5-11/h1-5,12H,6-10H2/t12-,14-. The molecule has 0 amide bonds. The van der Waals surface area contributed by atoms with E-state index in [0.29, 0.717) is 5.92 Å². The minimum Gasteiger partial charge on any atom is -0.388 e. The van der Waals surface area contributed by atoms with Gasteiger partial charge in [-0.25, -0.2) is 0 Å². The summed E-state index contributed by atoms with van der Waals surface area (Å²) in [5.74, 6) is 0.699. The van der Waals surface area contributed by atoms with Crippen molar-refractivity contribution in [2.45, 2.75) is 43.6 Å². The molecule has 1 aromatic carbocycles. The molecule has 90 valence electrons. The average molecular weight is 294 g/mol. The number of oxime groups is 1. The molecule has 0 unspecified atom stereocenters. The molecule has 1 aliphatic heterocycles. The Labute approximate surface area is 110 Å². The summed E-state index contributed by atoms with van der Waals surface area (Å²) in [6.45, 7) is 0. The van der Waals surface area contributed by atoms with Crippen molar-refractivity contribution in [3.05, 3.63) is 35.9 Å². The summed E-state index contributed by atoms with van der Waals surface area (Å²) in [5.41, 5.74) is 1.48. The average Bonchev–Trinajstić information content (AvgIpc) is 2.73. The lowest BCUT2D eigenvalue weighted by Gasteiger charge is -2.34. The Morgan fingerprint density at radius 3 is 2.47 bits per heavy atom. The van der Waals surface area contributed by atoms with Crippen molar-refractivity contribution in [1.29, 1.82) is 0 Å². The fraction of sp³-hybridized carbons (Fsp3) is 0.500. The van der Waals surface area contributed by atoms with Crippen molar-refractivity contribution >= 4 is 20.6 Å². The molecule has 1 aromatic rings. The van der Waals surface area contributed by atoms with Gasteiger partial charge in [-0.15, -0.1) is 0 Å². The van der Waals surface area contributed by atoms with Crippen molar-refractivity contribution in [2.75, 3.05) is 0 Å². The highest BCUT2D eigenvalue weighted by Crippen LogP contribution is 2.44. The number of halogens is 1. The first-order valence-corrected chi connectivity index (χ1v) is 7.02. The molecule has 3 heteroatoms. The third-order valence-corrected chi connectivity index (χ3v) is 4.40. The number of rotatable bonds is 1. The lowest BCUT2D eigenvalue weighted by molar-refractivity contribution is -0.0483. The molecule has 2 aliphatic rings. The molecule has 3 rings (SSSR count). The minimum absolute atomic E-state index is 0.00408. The van der Waals surface area contributed by atoms with Crippen LogP contribution < -0.4 is 0 Å². The van der Waals surface area contributed by atoms with Gasteiger partial charge in [0.25, 0.3) is 0 Å². The van der Waals surface area contributed by atoms with Crippen molar-refractivity contribution in [2.24, 2.45) is 5.16 Å². The molecular weight excluding hydrogens is 278 g/mol. The van der Waals surface area contributed by atoms with Crippen LogP contribution in [0.4, 0.5) is 0 Å². The second-order valence-corrected chi connectivity index (χ2v) is 6.02. The molecule has 0 N–H and O–H groups in total. The van der Waals surface area contributed by atoms with Gasteiger partial charge < -0.3 is 4.84 Å². The first kappa shape index (κ1) is 11.3. The lowest BCUT2D eigenvalue weighted by atomic mass is 9.75. The Kier molecular flexibility index (Phi) is 2.95. The fourth-order valence-electron chi connectivity index (χ4n) is 2.95. The molecule has 0 bridgehead atoms. The van der Waals surface area contributed by atoms with E-state index in [-0.39, 0.29) is 5.60 Å². The normalized spacial score (nSPS) is 32.3. The summed E-state index contributed by atoms with van der Waals surface area (Å²) in [6, 6.07) is 10.8. The van der Waals surface area contributed by atoms with Gasteiger partial charge in [0, 0.05) is 6.42 Å². The summed E-state index contributed by atoms with van der Waals surface area (Å²) in [4.78, 5) is 5.62. The fourth-order valence-corrected chi connectivity index (χ4v) is 3.53. The van der Waals surface area contributed by atoms with Crippen molar-refractivity contribution in [1.82, 2.24) is 0 Å². The number of hydrogen-bond acceptors (Lipinski definition) is 2. The van der Waals surface area contributed by atoms with Gasteiger partial charge in [-0.2, -0.15) is 0 Å². The topological polar surface area (TPSA) is 21.6 Å². The van der Waals surface area contributed by atoms with Crippen LogP contribution in [0.2, 0.25) is 0 Å². The van der Waals surface area contributed by atoms with Crippen molar-refractivity contribution < 1.29 is 4.84 Å². The second-order valence-electron chi connectivity index (χ2n) is 5.10. The van der Waals surface area contributed by atoms with Gasteiger partial charge >= 0.3 is 0 Å². The van der Waals surface area contributed by atoms with Crippen LogP contribution >= 0.6 is 15.9 Å². The van der Waals surface area contributed by atoms with Crippen LogP contribution in [0.15, 0.2) is 35.5 Å². The molecule has 1 aliphatic carbocycles. The number of hydrogen-bond donors (Lipinski definition) is 0. The van der Waals surface area contributed by atoms with Crippen LogP contribution in [-0.2, 0) is 4.84 Å².